The first-order valence-electron chi connectivity index (χ1n) is 6.42. The average Bonchev–Trinajstić information content (AvgIpc) is 3.09. The summed E-state index contributed by atoms with van der Waals surface area (Å²) in [5.41, 5.74) is 1.35. The Bertz CT molecular complexity index is 981. The number of hydrogen-bond acceptors (Lipinski definition) is 3. The van der Waals surface area contributed by atoms with Gasteiger partial charge in [-0.15, -0.1) is 11.3 Å². The standard InChI is InChI=1S/C17H9ClO2S/c18-11-5-6-14-10(7-11)8-15(20-14)17(19)13-9-21-16-4-2-1-3-12(13)16/h1-9H. The molecule has 4 aromatic rings. The summed E-state index contributed by atoms with van der Waals surface area (Å²) in [6, 6.07) is 14.9. The van der Waals surface area contributed by atoms with E-state index >= 15 is 0 Å². The summed E-state index contributed by atoms with van der Waals surface area (Å²) in [7, 11) is 0. The Morgan fingerprint density at radius 1 is 1.10 bits per heavy atom. The summed E-state index contributed by atoms with van der Waals surface area (Å²) in [5.74, 6) is 0.246. The third-order valence-electron chi connectivity index (χ3n) is 3.43. The van der Waals surface area contributed by atoms with Crippen molar-refractivity contribution in [3.63, 3.8) is 0 Å². The maximum atomic E-state index is 12.7. The fourth-order valence-corrected chi connectivity index (χ4v) is 3.53. The summed E-state index contributed by atoms with van der Waals surface area (Å²) >= 11 is 7.52. The van der Waals surface area contributed by atoms with Crippen LogP contribution in [-0.4, -0.2) is 5.78 Å². The first kappa shape index (κ1) is 12.6. The molecule has 2 nitrogen and oxygen atoms in total. The molecule has 0 saturated carbocycles. The minimum absolute atomic E-state index is 0.0974. The van der Waals surface area contributed by atoms with Crippen molar-refractivity contribution in [2.24, 2.45) is 0 Å². The fraction of sp³-hybridized carbons (Fsp3) is 0. The molecule has 4 rings (SSSR count). The third kappa shape index (κ3) is 2.06. The van der Waals surface area contributed by atoms with Gasteiger partial charge in [0.2, 0.25) is 5.78 Å². The van der Waals surface area contributed by atoms with Crippen molar-refractivity contribution in [3.8, 4) is 0 Å². The number of thiophene rings is 1. The van der Waals surface area contributed by atoms with Gasteiger partial charge in [0.1, 0.15) is 5.58 Å². The monoisotopic (exact) mass is 312 g/mol. The van der Waals surface area contributed by atoms with Crippen LogP contribution < -0.4 is 0 Å². The van der Waals surface area contributed by atoms with Crippen LogP contribution in [0.2, 0.25) is 5.02 Å². The molecule has 0 unspecified atom stereocenters. The summed E-state index contributed by atoms with van der Waals surface area (Å²) in [4.78, 5) is 12.7. The SMILES string of the molecule is O=C(c1cc2cc(Cl)ccc2o1)c1csc2ccccc12. The number of halogens is 1. The molecule has 0 fully saturated rings. The van der Waals surface area contributed by atoms with Gasteiger partial charge in [-0.3, -0.25) is 4.79 Å². The Hall–Kier alpha value is -2.10. The van der Waals surface area contributed by atoms with Crippen LogP contribution in [0.4, 0.5) is 0 Å². The number of ketones is 1. The van der Waals surface area contributed by atoms with Crippen LogP contribution in [0, 0.1) is 0 Å². The van der Waals surface area contributed by atoms with Gasteiger partial charge in [0, 0.05) is 31.4 Å². The van der Waals surface area contributed by atoms with Gasteiger partial charge in [0.25, 0.3) is 0 Å². The highest BCUT2D eigenvalue weighted by atomic mass is 35.5. The van der Waals surface area contributed by atoms with Crippen LogP contribution in [0.3, 0.4) is 0 Å². The van der Waals surface area contributed by atoms with Gasteiger partial charge < -0.3 is 4.42 Å². The predicted octanol–water partition coefficient (Wildman–Crippen LogP) is 5.53. The number of furan rings is 1. The molecule has 0 radical (unpaired) electrons. The van der Waals surface area contributed by atoms with Gasteiger partial charge >= 0.3 is 0 Å². The van der Waals surface area contributed by atoms with E-state index in [1.807, 2.05) is 29.6 Å². The van der Waals surface area contributed by atoms with E-state index in [9.17, 15) is 4.79 Å². The van der Waals surface area contributed by atoms with E-state index in [-0.39, 0.29) is 5.78 Å². The molecule has 2 heterocycles. The van der Waals surface area contributed by atoms with Crippen molar-refractivity contribution in [1.29, 1.82) is 0 Å². The van der Waals surface area contributed by atoms with E-state index in [1.165, 1.54) is 0 Å². The van der Waals surface area contributed by atoms with E-state index in [0.717, 1.165) is 15.5 Å². The van der Waals surface area contributed by atoms with Gasteiger partial charge in [-0.25, -0.2) is 0 Å². The molecule has 0 aliphatic heterocycles. The van der Waals surface area contributed by atoms with E-state index in [4.69, 9.17) is 16.0 Å². The highest BCUT2D eigenvalue weighted by Crippen LogP contribution is 2.30. The number of fused-ring (bicyclic) bond motifs is 2. The number of benzene rings is 2. The van der Waals surface area contributed by atoms with Gasteiger partial charge in [-0.2, -0.15) is 0 Å². The Morgan fingerprint density at radius 3 is 2.86 bits per heavy atom. The summed E-state index contributed by atoms with van der Waals surface area (Å²) in [6.07, 6.45) is 0. The van der Waals surface area contributed by atoms with Crippen LogP contribution in [0.15, 0.2) is 58.3 Å². The summed E-state index contributed by atoms with van der Waals surface area (Å²) in [5, 5.41) is 4.31. The van der Waals surface area contributed by atoms with Crippen molar-refractivity contribution in [2.45, 2.75) is 0 Å². The smallest absolute Gasteiger partial charge is 0.229 e. The topological polar surface area (TPSA) is 30.2 Å². The molecule has 102 valence electrons. The predicted molar refractivity (Wildman–Crippen MR) is 86.5 cm³/mol. The highest BCUT2D eigenvalue weighted by Gasteiger charge is 2.18. The van der Waals surface area contributed by atoms with Gasteiger partial charge in [-0.05, 0) is 30.3 Å². The number of rotatable bonds is 2. The molecule has 4 heteroatoms. The van der Waals surface area contributed by atoms with E-state index in [1.54, 1.807) is 35.6 Å². The second-order valence-corrected chi connectivity index (χ2v) is 6.12. The summed E-state index contributed by atoms with van der Waals surface area (Å²) < 4.78 is 6.75. The van der Waals surface area contributed by atoms with Gasteiger partial charge in [-0.1, -0.05) is 29.8 Å². The molecular weight excluding hydrogens is 304 g/mol. The molecule has 0 aliphatic rings. The largest absolute Gasteiger partial charge is 0.453 e. The first-order chi connectivity index (χ1) is 10.2. The van der Waals surface area contributed by atoms with Crippen molar-refractivity contribution < 1.29 is 9.21 Å². The van der Waals surface area contributed by atoms with E-state index in [2.05, 4.69) is 0 Å². The molecule has 0 aliphatic carbocycles. The molecule has 0 spiro atoms. The maximum Gasteiger partial charge on any atom is 0.229 e. The molecule has 0 bridgehead atoms. The third-order valence-corrected chi connectivity index (χ3v) is 4.63. The number of hydrogen-bond donors (Lipinski definition) is 0. The summed E-state index contributed by atoms with van der Waals surface area (Å²) in [6.45, 7) is 0. The van der Waals surface area contributed by atoms with Crippen LogP contribution in [0.1, 0.15) is 16.1 Å². The minimum atomic E-state index is -0.0974. The molecule has 0 atom stereocenters. The fourth-order valence-electron chi connectivity index (χ4n) is 2.41. The Balaban J connectivity index is 1.86. The molecule has 0 saturated heterocycles. The lowest BCUT2D eigenvalue weighted by Gasteiger charge is -1.95. The normalized spacial score (nSPS) is 11.3. The lowest BCUT2D eigenvalue weighted by molar-refractivity contribution is 0.101. The zero-order chi connectivity index (χ0) is 14.4. The highest BCUT2D eigenvalue weighted by molar-refractivity contribution is 7.17. The first-order valence-corrected chi connectivity index (χ1v) is 7.68. The molecule has 2 aromatic heterocycles. The number of carbonyl (C=O) groups excluding carboxylic acids is 1. The van der Waals surface area contributed by atoms with Crippen molar-refractivity contribution in [2.75, 3.05) is 0 Å². The Morgan fingerprint density at radius 2 is 1.95 bits per heavy atom. The second kappa shape index (κ2) is 4.72. The molecule has 0 N–H and O–H groups in total. The van der Waals surface area contributed by atoms with Gasteiger partial charge in [0.15, 0.2) is 5.76 Å². The molecule has 2 aromatic carbocycles. The molecule has 21 heavy (non-hydrogen) atoms. The van der Waals surface area contributed by atoms with Crippen LogP contribution in [-0.2, 0) is 0 Å². The van der Waals surface area contributed by atoms with E-state index < -0.39 is 0 Å². The van der Waals surface area contributed by atoms with Crippen LogP contribution in [0.25, 0.3) is 21.1 Å². The number of carbonyl (C=O) groups is 1. The molecule has 0 amide bonds. The zero-order valence-corrected chi connectivity index (χ0v) is 12.4. The van der Waals surface area contributed by atoms with Crippen LogP contribution >= 0.6 is 22.9 Å². The van der Waals surface area contributed by atoms with Gasteiger partial charge in [0.05, 0.1) is 0 Å². The Labute approximate surface area is 129 Å². The zero-order valence-electron chi connectivity index (χ0n) is 10.8. The molecular formula is C17H9ClO2S. The lowest BCUT2D eigenvalue weighted by Crippen LogP contribution is -1.97. The maximum absolute atomic E-state index is 12.7. The second-order valence-electron chi connectivity index (χ2n) is 4.77. The van der Waals surface area contributed by atoms with Crippen molar-refractivity contribution in [3.05, 3.63) is 70.3 Å². The quantitative estimate of drug-likeness (QED) is 0.455. The minimum Gasteiger partial charge on any atom is -0.453 e. The van der Waals surface area contributed by atoms with Crippen molar-refractivity contribution in [1.82, 2.24) is 0 Å². The lowest BCUT2D eigenvalue weighted by atomic mass is 10.1. The van der Waals surface area contributed by atoms with E-state index in [0.29, 0.717) is 21.9 Å². The van der Waals surface area contributed by atoms with Crippen LogP contribution in [0.5, 0.6) is 0 Å². The Kier molecular flexibility index (Phi) is 2.84. The van der Waals surface area contributed by atoms with Crippen molar-refractivity contribution >= 4 is 49.8 Å². The average molecular weight is 313 g/mol.